The molecule has 0 aliphatic heterocycles. The van der Waals surface area contributed by atoms with E-state index in [9.17, 15) is 19.1 Å². The number of carboxylic acids is 1. The van der Waals surface area contributed by atoms with Gasteiger partial charge in [-0.05, 0) is 19.1 Å². The molecule has 8 heteroatoms. The Morgan fingerprint density at radius 2 is 2.08 bits per heavy atom. The number of carbonyl (C=O) groups is 2. The Labute approximate surface area is 142 Å². The van der Waals surface area contributed by atoms with Crippen LogP contribution in [-0.4, -0.2) is 42.2 Å². The van der Waals surface area contributed by atoms with Crippen molar-refractivity contribution in [1.29, 1.82) is 0 Å². The molecule has 2 rings (SSSR count). The molecule has 0 amide bonds. The zero-order chi connectivity index (χ0) is 17.7. The molecule has 6 nitrogen and oxygen atoms in total. The summed E-state index contributed by atoms with van der Waals surface area (Å²) in [5.74, 6) is -2.06. The highest BCUT2D eigenvalue weighted by atomic mass is 32.1. The number of hydrogen-bond acceptors (Lipinski definition) is 6. The van der Waals surface area contributed by atoms with Crippen LogP contribution >= 0.6 is 11.3 Å². The maximum Gasteiger partial charge on any atom is 0.348 e. The summed E-state index contributed by atoms with van der Waals surface area (Å²) in [6.45, 7) is 2.73. The molecule has 0 fully saturated rings. The number of methoxy groups -OCH3 is 1. The van der Waals surface area contributed by atoms with E-state index in [2.05, 4.69) is 9.72 Å². The number of nitrogens with zero attached hydrogens (tertiary/aromatic N) is 2. The van der Waals surface area contributed by atoms with Crippen molar-refractivity contribution in [3.8, 4) is 11.3 Å². The first-order chi connectivity index (χ1) is 11.5. The van der Waals surface area contributed by atoms with Gasteiger partial charge in [0.25, 0.3) is 0 Å². The average molecular weight is 352 g/mol. The summed E-state index contributed by atoms with van der Waals surface area (Å²) in [4.78, 5) is 28.8. The van der Waals surface area contributed by atoms with E-state index in [1.165, 1.54) is 25.3 Å². The summed E-state index contributed by atoms with van der Waals surface area (Å²) < 4.78 is 18.6. The second-order valence-electron chi connectivity index (χ2n) is 4.86. The summed E-state index contributed by atoms with van der Waals surface area (Å²) >= 11 is 0.960. The maximum absolute atomic E-state index is 14.0. The summed E-state index contributed by atoms with van der Waals surface area (Å²) in [7, 11) is 1.31. The number of thiazole rings is 1. The molecule has 128 valence electrons. The minimum Gasteiger partial charge on any atom is -0.477 e. The number of anilines is 1. The highest BCUT2D eigenvalue weighted by molar-refractivity contribution is 7.17. The quantitative estimate of drug-likeness (QED) is 0.772. The van der Waals surface area contributed by atoms with Gasteiger partial charge in [-0.25, -0.2) is 14.2 Å². The van der Waals surface area contributed by atoms with Gasteiger partial charge in [0.2, 0.25) is 0 Å². The fraction of sp³-hybridized carbons (Fsp3) is 0.312. The summed E-state index contributed by atoms with van der Waals surface area (Å²) in [6.07, 6.45) is 0.154. The molecule has 1 N–H and O–H groups in total. The van der Waals surface area contributed by atoms with Crippen molar-refractivity contribution in [2.24, 2.45) is 0 Å². The highest BCUT2D eigenvalue weighted by Crippen LogP contribution is 2.34. The molecule has 0 bridgehead atoms. The summed E-state index contributed by atoms with van der Waals surface area (Å²) in [5.41, 5.74) is 0.235. The Bertz CT molecular complexity index is 747. The lowest BCUT2D eigenvalue weighted by Crippen LogP contribution is -2.25. The zero-order valence-corrected chi connectivity index (χ0v) is 14.1. The Kier molecular flexibility index (Phi) is 5.86. The second-order valence-corrected chi connectivity index (χ2v) is 5.84. The predicted molar refractivity (Wildman–Crippen MR) is 89.0 cm³/mol. The molecule has 0 atom stereocenters. The molecule has 0 saturated carbocycles. The number of rotatable bonds is 7. The lowest BCUT2D eigenvalue weighted by Gasteiger charge is -2.18. The molecular weight excluding hydrogens is 335 g/mol. The first kappa shape index (κ1) is 17.9. The van der Waals surface area contributed by atoms with Crippen LogP contribution in [0.3, 0.4) is 0 Å². The van der Waals surface area contributed by atoms with E-state index in [4.69, 9.17) is 0 Å². The molecular formula is C16H17FN2O4S. The van der Waals surface area contributed by atoms with Gasteiger partial charge in [-0.1, -0.05) is 23.5 Å². The molecule has 1 aromatic carbocycles. The van der Waals surface area contributed by atoms with Crippen LogP contribution in [0.15, 0.2) is 24.3 Å². The van der Waals surface area contributed by atoms with Gasteiger partial charge in [0.15, 0.2) is 5.13 Å². The normalized spacial score (nSPS) is 10.5. The van der Waals surface area contributed by atoms with Crippen molar-refractivity contribution >= 4 is 28.4 Å². The Balaban J connectivity index is 2.39. The smallest absolute Gasteiger partial charge is 0.348 e. The first-order valence-corrected chi connectivity index (χ1v) is 8.10. The number of benzene rings is 1. The third kappa shape index (κ3) is 3.88. The van der Waals surface area contributed by atoms with Gasteiger partial charge in [-0.15, -0.1) is 0 Å². The Morgan fingerprint density at radius 1 is 1.38 bits per heavy atom. The van der Waals surface area contributed by atoms with E-state index >= 15 is 0 Å². The number of halogens is 1. The predicted octanol–water partition coefficient (Wildman–Crippen LogP) is 3.04. The van der Waals surface area contributed by atoms with Gasteiger partial charge >= 0.3 is 11.9 Å². The molecule has 24 heavy (non-hydrogen) atoms. The van der Waals surface area contributed by atoms with Gasteiger partial charge < -0.3 is 14.7 Å². The molecule has 0 unspecified atom stereocenters. The minimum absolute atomic E-state index is 0.0355. The van der Waals surface area contributed by atoms with Crippen LogP contribution < -0.4 is 4.90 Å². The van der Waals surface area contributed by atoms with E-state index in [-0.39, 0.29) is 28.5 Å². The van der Waals surface area contributed by atoms with E-state index in [1.807, 2.05) is 6.92 Å². The molecule has 2 aromatic rings. The fourth-order valence-corrected chi connectivity index (χ4v) is 3.15. The van der Waals surface area contributed by atoms with Crippen LogP contribution in [0, 0.1) is 5.82 Å². The average Bonchev–Trinajstić information content (AvgIpc) is 3.00. The van der Waals surface area contributed by atoms with Crippen molar-refractivity contribution < 1.29 is 23.8 Å². The van der Waals surface area contributed by atoms with Gasteiger partial charge in [0.1, 0.15) is 16.4 Å². The number of carboxylic acid groups (broad SMARTS) is 1. The molecule has 1 aromatic heterocycles. The molecule has 0 aliphatic rings. The van der Waals surface area contributed by atoms with Crippen LogP contribution in [0.2, 0.25) is 0 Å². The van der Waals surface area contributed by atoms with Gasteiger partial charge in [0.05, 0.1) is 13.5 Å². The fourth-order valence-electron chi connectivity index (χ4n) is 2.14. The van der Waals surface area contributed by atoms with Gasteiger partial charge in [-0.2, -0.15) is 0 Å². The molecule has 0 radical (unpaired) electrons. The third-order valence-electron chi connectivity index (χ3n) is 3.40. The van der Waals surface area contributed by atoms with E-state index in [0.29, 0.717) is 18.2 Å². The van der Waals surface area contributed by atoms with Crippen LogP contribution in [0.1, 0.15) is 23.0 Å². The van der Waals surface area contributed by atoms with Crippen LogP contribution in [0.5, 0.6) is 0 Å². The highest BCUT2D eigenvalue weighted by Gasteiger charge is 2.23. The zero-order valence-electron chi connectivity index (χ0n) is 13.3. The SMILES string of the molecule is CCN(CCC(=O)OC)c1nc(-c2ccccc2F)c(C(=O)O)s1. The topological polar surface area (TPSA) is 79.7 Å². The molecule has 0 aliphatic carbocycles. The summed E-state index contributed by atoms with van der Waals surface area (Å²) in [6, 6.07) is 5.90. The Hall–Kier alpha value is -2.48. The largest absolute Gasteiger partial charge is 0.477 e. The number of aromatic nitrogens is 1. The number of hydrogen-bond donors (Lipinski definition) is 1. The molecule has 0 saturated heterocycles. The summed E-state index contributed by atoms with van der Waals surface area (Å²) in [5, 5.41) is 9.83. The third-order valence-corrected chi connectivity index (χ3v) is 4.51. The number of ether oxygens (including phenoxy) is 1. The van der Waals surface area contributed by atoms with Crippen molar-refractivity contribution in [3.05, 3.63) is 35.0 Å². The Morgan fingerprint density at radius 3 is 2.67 bits per heavy atom. The van der Waals surface area contributed by atoms with Crippen LogP contribution in [-0.2, 0) is 9.53 Å². The lowest BCUT2D eigenvalue weighted by atomic mass is 10.1. The number of carbonyl (C=O) groups excluding carboxylic acids is 1. The second kappa shape index (κ2) is 7.87. The first-order valence-electron chi connectivity index (χ1n) is 7.28. The van der Waals surface area contributed by atoms with Crippen molar-refractivity contribution in [2.45, 2.75) is 13.3 Å². The van der Waals surface area contributed by atoms with E-state index < -0.39 is 11.8 Å². The van der Waals surface area contributed by atoms with Crippen LogP contribution in [0.4, 0.5) is 9.52 Å². The van der Waals surface area contributed by atoms with E-state index in [1.54, 1.807) is 11.0 Å². The minimum atomic E-state index is -1.17. The lowest BCUT2D eigenvalue weighted by molar-refractivity contribution is -0.140. The van der Waals surface area contributed by atoms with Crippen LogP contribution in [0.25, 0.3) is 11.3 Å². The number of aromatic carboxylic acids is 1. The standard InChI is InChI=1S/C16H17FN2O4S/c1-3-19(9-8-12(20)23-2)16-18-13(14(24-16)15(21)22)10-6-4-5-7-11(10)17/h4-7H,3,8-9H2,1-2H3,(H,21,22). The maximum atomic E-state index is 14.0. The van der Waals surface area contributed by atoms with Crippen molar-refractivity contribution in [2.75, 3.05) is 25.1 Å². The van der Waals surface area contributed by atoms with Gasteiger partial charge in [-0.3, -0.25) is 4.79 Å². The van der Waals surface area contributed by atoms with E-state index in [0.717, 1.165) is 11.3 Å². The molecule has 0 spiro atoms. The van der Waals surface area contributed by atoms with Crippen molar-refractivity contribution in [1.82, 2.24) is 4.98 Å². The molecule has 1 heterocycles. The monoisotopic (exact) mass is 352 g/mol. The van der Waals surface area contributed by atoms with Crippen molar-refractivity contribution in [3.63, 3.8) is 0 Å². The van der Waals surface area contributed by atoms with Gasteiger partial charge in [0, 0.05) is 18.7 Å². The number of esters is 1.